The molecule has 0 fully saturated rings. The van der Waals surface area contributed by atoms with Gasteiger partial charge in [0.25, 0.3) is 5.91 Å². The second-order valence-corrected chi connectivity index (χ2v) is 5.06. The summed E-state index contributed by atoms with van der Waals surface area (Å²) in [4.78, 5) is 22.5. The van der Waals surface area contributed by atoms with Crippen LogP contribution in [0, 0.1) is 0 Å². The maximum Gasteiger partial charge on any atom is 0.287 e. The Hall–Kier alpha value is -2.89. The molecule has 0 saturated heterocycles. The van der Waals surface area contributed by atoms with Crippen LogP contribution in [-0.4, -0.2) is 30.0 Å². The summed E-state index contributed by atoms with van der Waals surface area (Å²) >= 11 is 0. The van der Waals surface area contributed by atoms with Crippen LogP contribution in [0.4, 0.5) is 5.82 Å². The molecule has 3 aromatic rings. The first-order chi connectivity index (χ1) is 10.6. The highest BCUT2D eigenvalue weighted by atomic mass is 16.3. The van der Waals surface area contributed by atoms with Gasteiger partial charge in [-0.2, -0.15) is 0 Å². The van der Waals surface area contributed by atoms with E-state index in [4.69, 9.17) is 4.42 Å². The van der Waals surface area contributed by atoms with Crippen molar-refractivity contribution < 1.29 is 9.21 Å². The molecule has 0 aliphatic rings. The molecule has 2 aromatic heterocycles. The number of nitrogens with zero attached hydrogens (tertiary/aromatic N) is 3. The molecule has 0 aliphatic carbocycles. The quantitative estimate of drug-likeness (QED) is 0.799. The van der Waals surface area contributed by atoms with Gasteiger partial charge in [-0.25, -0.2) is 9.97 Å². The topological polar surface area (TPSA) is 71.3 Å². The number of amides is 1. The molecule has 0 saturated carbocycles. The van der Waals surface area contributed by atoms with Crippen LogP contribution in [0.15, 0.2) is 47.0 Å². The number of carbonyl (C=O) groups excluding carboxylic acids is 1. The van der Waals surface area contributed by atoms with E-state index in [0.717, 1.165) is 11.2 Å². The smallest absolute Gasteiger partial charge is 0.287 e. The second kappa shape index (κ2) is 5.85. The zero-order chi connectivity index (χ0) is 15.5. The van der Waals surface area contributed by atoms with Gasteiger partial charge in [-0.1, -0.05) is 18.2 Å². The number of hydrogen-bond acceptors (Lipinski definition) is 5. The number of carbonyl (C=O) groups is 1. The summed E-state index contributed by atoms with van der Waals surface area (Å²) < 4.78 is 5.52. The van der Waals surface area contributed by atoms with Crippen molar-refractivity contribution in [3.05, 3.63) is 54.2 Å². The Balaban J connectivity index is 1.70. The van der Waals surface area contributed by atoms with E-state index in [1.54, 1.807) is 12.3 Å². The minimum absolute atomic E-state index is 0.248. The molecule has 6 nitrogen and oxygen atoms in total. The van der Waals surface area contributed by atoms with E-state index < -0.39 is 0 Å². The SMILES string of the molecule is CN(C)c1ccnc(CNC(=O)c2cc3ccccc3o2)n1. The van der Waals surface area contributed by atoms with E-state index in [1.165, 1.54) is 0 Å². The highest BCUT2D eigenvalue weighted by Gasteiger charge is 2.12. The highest BCUT2D eigenvalue weighted by Crippen LogP contribution is 2.18. The Morgan fingerprint density at radius 3 is 2.86 bits per heavy atom. The molecule has 1 amide bonds. The normalized spacial score (nSPS) is 10.6. The van der Waals surface area contributed by atoms with Crippen molar-refractivity contribution in [3.8, 4) is 0 Å². The third kappa shape index (κ3) is 2.90. The molecule has 0 unspecified atom stereocenters. The molecule has 1 aromatic carbocycles. The first kappa shape index (κ1) is 14.1. The average Bonchev–Trinajstić information content (AvgIpc) is 2.97. The molecular formula is C16H16N4O2. The van der Waals surface area contributed by atoms with E-state index in [-0.39, 0.29) is 18.2 Å². The summed E-state index contributed by atoms with van der Waals surface area (Å²) in [5.41, 5.74) is 0.693. The van der Waals surface area contributed by atoms with Gasteiger partial charge < -0.3 is 14.6 Å². The van der Waals surface area contributed by atoms with Gasteiger partial charge in [-0.3, -0.25) is 4.79 Å². The van der Waals surface area contributed by atoms with Crippen LogP contribution in [0.1, 0.15) is 16.4 Å². The minimum atomic E-state index is -0.282. The fraction of sp³-hybridized carbons (Fsp3) is 0.188. The highest BCUT2D eigenvalue weighted by molar-refractivity contribution is 5.95. The van der Waals surface area contributed by atoms with Gasteiger partial charge in [-0.15, -0.1) is 0 Å². The van der Waals surface area contributed by atoms with Gasteiger partial charge in [-0.05, 0) is 18.2 Å². The van der Waals surface area contributed by atoms with Crippen molar-refractivity contribution in [2.45, 2.75) is 6.54 Å². The number of aromatic nitrogens is 2. The van der Waals surface area contributed by atoms with E-state index in [2.05, 4.69) is 15.3 Å². The van der Waals surface area contributed by atoms with Crippen LogP contribution in [0.3, 0.4) is 0 Å². The first-order valence-electron chi connectivity index (χ1n) is 6.89. The van der Waals surface area contributed by atoms with Gasteiger partial charge in [0.15, 0.2) is 5.76 Å². The molecule has 22 heavy (non-hydrogen) atoms. The monoisotopic (exact) mass is 296 g/mol. The van der Waals surface area contributed by atoms with Crippen LogP contribution >= 0.6 is 0 Å². The fourth-order valence-corrected chi connectivity index (χ4v) is 2.06. The number of nitrogens with one attached hydrogen (secondary N) is 1. The Bertz CT molecular complexity index is 778. The van der Waals surface area contributed by atoms with E-state index >= 15 is 0 Å². The molecule has 0 aliphatic heterocycles. The van der Waals surface area contributed by atoms with Crippen LogP contribution in [-0.2, 0) is 6.54 Å². The molecule has 0 spiro atoms. The van der Waals surface area contributed by atoms with E-state index in [1.807, 2.05) is 49.3 Å². The largest absolute Gasteiger partial charge is 0.451 e. The molecular weight excluding hydrogens is 280 g/mol. The molecule has 0 atom stereocenters. The standard InChI is InChI=1S/C16H16N4O2/c1-20(2)15-7-8-17-14(19-15)10-18-16(21)13-9-11-5-3-4-6-12(11)22-13/h3-9H,10H2,1-2H3,(H,18,21). The van der Waals surface area contributed by atoms with Gasteiger partial charge in [0, 0.05) is 25.7 Å². The van der Waals surface area contributed by atoms with Gasteiger partial charge in [0.2, 0.25) is 0 Å². The van der Waals surface area contributed by atoms with Crippen LogP contribution in [0.5, 0.6) is 0 Å². The lowest BCUT2D eigenvalue weighted by Gasteiger charge is -2.11. The predicted molar refractivity (Wildman–Crippen MR) is 83.7 cm³/mol. The number of fused-ring (bicyclic) bond motifs is 1. The Morgan fingerprint density at radius 1 is 1.27 bits per heavy atom. The van der Waals surface area contributed by atoms with Crippen LogP contribution < -0.4 is 10.2 Å². The van der Waals surface area contributed by atoms with E-state index in [0.29, 0.717) is 11.4 Å². The lowest BCUT2D eigenvalue weighted by Crippen LogP contribution is -2.24. The second-order valence-electron chi connectivity index (χ2n) is 5.06. The molecule has 112 valence electrons. The average molecular weight is 296 g/mol. The fourth-order valence-electron chi connectivity index (χ4n) is 2.06. The lowest BCUT2D eigenvalue weighted by atomic mass is 10.2. The number of anilines is 1. The predicted octanol–water partition coefficient (Wildman–Crippen LogP) is 2.22. The number of para-hydroxylation sites is 1. The van der Waals surface area contributed by atoms with Crippen molar-refractivity contribution in [1.29, 1.82) is 0 Å². The van der Waals surface area contributed by atoms with Crippen molar-refractivity contribution in [2.75, 3.05) is 19.0 Å². The molecule has 0 radical (unpaired) electrons. The van der Waals surface area contributed by atoms with Gasteiger partial charge in [0.1, 0.15) is 17.2 Å². The lowest BCUT2D eigenvalue weighted by molar-refractivity contribution is 0.0924. The molecule has 0 bridgehead atoms. The summed E-state index contributed by atoms with van der Waals surface area (Å²) in [6, 6.07) is 11.0. The Morgan fingerprint density at radius 2 is 2.09 bits per heavy atom. The summed E-state index contributed by atoms with van der Waals surface area (Å²) in [5, 5.41) is 3.67. The third-order valence-electron chi connectivity index (χ3n) is 3.21. The molecule has 6 heteroatoms. The number of hydrogen-bond donors (Lipinski definition) is 1. The number of furan rings is 1. The molecule has 2 heterocycles. The van der Waals surface area contributed by atoms with Gasteiger partial charge >= 0.3 is 0 Å². The summed E-state index contributed by atoms with van der Waals surface area (Å²) in [7, 11) is 3.80. The number of benzene rings is 1. The zero-order valence-electron chi connectivity index (χ0n) is 12.4. The van der Waals surface area contributed by atoms with Crippen molar-refractivity contribution >= 4 is 22.7 Å². The van der Waals surface area contributed by atoms with Crippen molar-refractivity contribution in [1.82, 2.24) is 15.3 Å². The minimum Gasteiger partial charge on any atom is -0.451 e. The van der Waals surface area contributed by atoms with E-state index in [9.17, 15) is 4.79 Å². The number of rotatable bonds is 4. The Labute approximate surface area is 127 Å². The van der Waals surface area contributed by atoms with Crippen molar-refractivity contribution in [3.63, 3.8) is 0 Å². The van der Waals surface area contributed by atoms with Crippen LogP contribution in [0.25, 0.3) is 11.0 Å². The zero-order valence-corrected chi connectivity index (χ0v) is 12.4. The van der Waals surface area contributed by atoms with Crippen LogP contribution in [0.2, 0.25) is 0 Å². The van der Waals surface area contributed by atoms with Crippen molar-refractivity contribution in [2.24, 2.45) is 0 Å². The molecule has 1 N–H and O–H groups in total. The summed E-state index contributed by atoms with van der Waals surface area (Å²) in [6.45, 7) is 0.248. The third-order valence-corrected chi connectivity index (χ3v) is 3.21. The molecule has 3 rings (SSSR count). The Kier molecular flexibility index (Phi) is 3.74. The summed E-state index contributed by atoms with van der Waals surface area (Å²) in [6.07, 6.45) is 1.67. The summed E-state index contributed by atoms with van der Waals surface area (Å²) in [5.74, 6) is 1.35. The maximum atomic E-state index is 12.1. The first-order valence-corrected chi connectivity index (χ1v) is 6.89. The maximum absolute atomic E-state index is 12.1. The van der Waals surface area contributed by atoms with Gasteiger partial charge in [0.05, 0.1) is 6.54 Å².